The zero-order valence-corrected chi connectivity index (χ0v) is 42.2. The Morgan fingerprint density at radius 3 is 2.14 bits per heavy atom. The monoisotopic (exact) mass is 991 g/mol. The number of phenols is 2. The number of aromatic hydroxyl groups is 2. The Kier molecular flexibility index (Phi) is 15.3. The molecule has 73 heavy (non-hydrogen) atoms. The highest BCUT2D eigenvalue weighted by Crippen LogP contribution is 2.46. The molecule has 0 radical (unpaired) electrons. The third-order valence-corrected chi connectivity index (χ3v) is 13.6. The predicted molar refractivity (Wildman–Crippen MR) is 273 cm³/mol. The number of nitrogens with two attached hydrogens (primary N) is 1. The van der Waals surface area contributed by atoms with Crippen molar-refractivity contribution in [2.75, 3.05) is 19.6 Å². The molecule has 2 atom stereocenters. The number of likely N-dealkylation sites (tertiary alicyclic amines) is 1. The molecule has 380 valence electrons. The first-order valence-electron chi connectivity index (χ1n) is 24.7. The molecule has 0 saturated carbocycles. The van der Waals surface area contributed by atoms with Crippen LogP contribution < -0.4 is 21.1 Å². The van der Waals surface area contributed by atoms with Gasteiger partial charge in [-0.2, -0.15) is 0 Å². The van der Waals surface area contributed by atoms with Gasteiger partial charge in [0.2, 0.25) is 11.7 Å². The van der Waals surface area contributed by atoms with Crippen LogP contribution >= 0.6 is 0 Å². The molecule has 0 aliphatic carbocycles. The number of carbonyl (C=O) groups is 4. The molecule has 2 aliphatic rings. The van der Waals surface area contributed by atoms with Gasteiger partial charge in [-0.25, -0.2) is 4.98 Å². The Labute approximate surface area is 424 Å². The summed E-state index contributed by atoms with van der Waals surface area (Å²) in [6.07, 6.45) is 4.61. The van der Waals surface area contributed by atoms with Crippen LogP contribution in [0.1, 0.15) is 128 Å². The number of hydrogen-bond donors (Lipinski definition) is 5. The molecular weight excluding hydrogens is 929 g/mol. The summed E-state index contributed by atoms with van der Waals surface area (Å²) in [4.78, 5) is 64.4. The average Bonchev–Trinajstić information content (AvgIpc) is 3.91. The number of rotatable bonds is 17. The Hall–Kier alpha value is -7.64. The molecule has 0 bridgehead atoms. The zero-order chi connectivity index (χ0) is 52.2. The summed E-state index contributed by atoms with van der Waals surface area (Å²) in [5.74, 6) is -2.16. The summed E-state index contributed by atoms with van der Waals surface area (Å²) in [5.41, 5.74) is 7.10. The lowest BCUT2D eigenvalue weighted by Crippen LogP contribution is -2.56. The fraction of sp³-hybridized carbons (Fsp3) is 0.370. The highest BCUT2D eigenvalue weighted by Gasteiger charge is 2.60. The van der Waals surface area contributed by atoms with Gasteiger partial charge in [0.1, 0.15) is 28.7 Å². The summed E-state index contributed by atoms with van der Waals surface area (Å²) in [7, 11) is -0.801. The second-order valence-corrected chi connectivity index (χ2v) is 19.8. The summed E-state index contributed by atoms with van der Waals surface area (Å²) in [6, 6.07) is 26.2. The summed E-state index contributed by atoms with van der Waals surface area (Å²) in [6.45, 7) is 14.9. The Balaban J connectivity index is 0.928. The minimum atomic E-state index is -0.885. The quantitative estimate of drug-likeness (QED) is 0.0565. The van der Waals surface area contributed by atoms with Crippen molar-refractivity contribution in [1.82, 2.24) is 40.3 Å². The molecule has 2 fully saturated rings. The van der Waals surface area contributed by atoms with Gasteiger partial charge in [-0.1, -0.05) is 58.0 Å². The van der Waals surface area contributed by atoms with Crippen LogP contribution in [0.2, 0.25) is 0 Å². The number of nitrogens with zero attached hydrogens (tertiary/aromatic N) is 6. The number of carbonyl (C=O) groups excluding carboxylic acids is 4. The van der Waals surface area contributed by atoms with E-state index in [9.17, 15) is 29.4 Å². The van der Waals surface area contributed by atoms with Crippen molar-refractivity contribution in [2.24, 2.45) is 11.7 Å². The number of amides is 4. The van der Waals surface area contributed by atoms with E-state index in [1.54, 1.807) is 71.0 Å². The molecule has 2 aromatic heterocycles. The molecule has 8 rings (SSSR count). The van der Waals surface area contributed by atoms with Crippen molar-refractivity contribution in [3.05, 3.63) is 137 Å². The number of nitrogens with one attached hydrogen (secondary N) is 2. The molecule has 6 N–H and O–H groups in total. The molecule has 4 amide bonds. The number of ether oxygens (including phenoxy) is 1. The zero-order valence-electron chi connectivity index (χ0n) is 42.2. The molecule has 19 heteroatoms. The largest absolute Gasteiger partial charge is 0.508 e. The normalized spacial score (nSPS) is 15.8. The molecule has 0 unspecified atom stereocenters. The highest BCUT2D eigenvalue weighted by molar-refractivity contribution is 6.48. The van der Waals surface area contributed by atoms with Crippen molar-refractivity contribution in [3.8, 4) is 40.1 Å². The van der Waals surface area contributed by atoms with E-state index in [0.29, 0.717) is 72.8 Å². The molecule has 18 nitrogen and oxygen atoms in total. The average molecular weight is 992 g/mol. The Morgan fingerprint density at radius 1 is 0.849 bits per heavy atom. The molecule has 1 spiro atoms. The number of piperidine rings is 1. The van der Waals surface area contributed by atoms with Crippen LogP contribution in [0.15, 0.2) is 103 Å². The van der Waals surface area contributed by atoms with Crippen LogP contribution in [0.5, 0.6) is 23.0 Å². The van der Waals surface area contributed by atoms with E-state index in [2.05, 4.69) is 44.6 Å². The third kappa shape index (κ3) is 11.1. The van der Waals surface area contributed by atoms with Crippen molar-refractivity contribution < 1.29 is 43.4 Å². The number of phenolic OH excluding ortho intramolecular Hbond substituents is 2. The second kappa shape index (κ2) is 21.6. The van der Waals surface area contributed by atoms with E-state index in [-0.39, 0.29) is 64.6 Å². The van der Waals surface area contributed by atoms with Gasteiger partial charge in [0, 0.05) is 49.3 Å². The number of aromatic nitrogens is 5. The predicted octanol–water partition coefficient (Wildman–Crippen LogP) is 7.28. The van der Waals surface area contributed by atoms with Crippen LogP contribution in [-0.4, -0.2) is 107 Å². The van der Waals surface area contributed by atoms with Gasteiger partial charge in [-0.05, 0) is 124 Å². The SMILES string of the molecule is CCNC(=O)c1nnc(-c2cc(C(C)C)c(O)cc2O)n1-c1ccc(Oc2ccc(C(=O)N3CCC4(CC3)OB([C@H](CC(C)C)NC(=O)[C@@H](Cc3ccccc3)c3nccnc3C(N)=O)OC4(C)C)cc2)cc1. The first-order valence-corrected chi connectivity index (χ1v) is 24.7. The van der Waals surface area contributed by atoms with E-state index in [1.807, 2.05) is 58.0 Å². The van der Waals surface area contributed by atoms with E-state index >= 15 is 0 Å². The maximum absolute atomic E-state index is 14.4. The standard InChI is InChI=1S/C54H62BN9O9/c1-8-57-51(69)49-62-61-48(40-30-39(33(4)5)42(65)31-43(40)66)64(49)36-16-20-38(21-17-36)71-37-18-14-35(15-19-37)52(70)63-26-22-54(23-27-63)53(6,7)72-55(73-54)44(28-32(2)3)60-50(68)41(29-34-12-10-9-11-13-34)45-46(47(56)67)59-25-24-58-45/h9-21,24-25,30-33,41,44,65-66H,8,22-23,26-29H2,1-7H3,(H2,56,67)(H,57,69)(H,60,68)/t41-,44-/m0/s1. The van der Waals surface area contributed by atoms with Crippen LogP contribution in [0.3, 0.4) is 0 Å². The van der Waals surface area contributed by atoms with Crippen molar-refractivity contribution in [3.63, 3.8) is 0 Å². The minimum Gasteiger partial charge on any atom is -0.508 e. The lowest BCUT2D eigenvalue weighted by atomic mass is 9.73. The lowest BCUT2D eigenvalue weighted by Gasteiger charge is -2.45. The van der Waals surface area contributed by atoms with Crippen molar-refractivity contribution in [1.29, 1.82) is 0 Å². The van der Waals surface area contributed by atoms with Gasteiger partial charge >= 0.3 is 7.12 Å². The first kappa shape index (κ1) is 51.7. The van der Waals surface area contributed by atoms with E-state index in [1.165, 1.54) is 18.5 Å². The van der Waals surface area contributed by atoms with Gasteiger partial charge < -0.3 is 45.5 Å². The van der Waals surface area contributed by atoms with Crippen molar-refractivity contribution in [2.45, 2.75) is 103 Å². The van der Waals surface area contributed by atoms with Gasteiger partial charge in [0.15, 0.2) is 5.82 Å². The summed E-state index contributed by atoms with van der Waals surface area (Å²) < 4.78 is 21.3. The molecule has 6 aromatic rings. The first-order chi connectivity index (χ1) is 34.9. The molecule has 2 saturated heterocycles. The Morgan fingerprint density at radius 2 is 1.51 bits per heavy atom. The smallest absolute Gasteiger partial charge is 0.481 e. The van der Waals surface area contributed by atoms with Crippen LogP contribution in [0, 0.1) is 5.92 Å². The van der Waals surface area contributed by atoms with E-state index in [4.69, 9.17) is 19.8 Å². The third-order valence-electron chi connectivity index (χ3n) is 13.6. The number of primary amides is 1. The molecule has 2 aliphatic heterocycles. The van der Waals surface area contributed by atoms with E-state index < -0.39 is 42.0 Å². The molecule has 4 aromatic carbocycles. The highest BCUT2D eigenvalue weighted by atomic mass is 16.7. The van der Waals surface area contributed by atoms with Crippen LogP contribution in [0.4, 0.5) is 0 Å². The van der Waals surface area contributed by atoms with E-state index in [0.717, 1.165) is 5.56 Å². The molecule has 4 heterocycles. The minimum absolute atomic E-state index is 0.00780. The van der Waals surface area contributed by atoms with Gasteiger partial charge in [-0.3, -0.25) is 28.7 Å². The van der Waals surface area contributed by atoms with Crippen molar-refractivity contribution >= 4 is 30.7 Å². The molecular formula is C54H62BN9O9. The van der Waals surface area contributed by atoms with Crippen LogP contribution in [0.25, 0.3) is 17.1 Å². The fourth-order valence-electron chi connectivity index (χ4n) is 9.70. The Bertz CT molecular complexity index is 2960. The maximum Gasteiger partial charge on any atom is 0.481 e. The topological polar surface area (TPSA) is 246 Å². The fourth-order valence-corrected chi connectivity index (χ4v) is 9.70. The van der Waals surface area contributed by atoms with Gasteiger partial charge in [-0.15, -0.1) is 10.2 Å². The second-order valence-electron chi connectivity index (χ2n) is 19.8. The van der Waals surface area contributed by atoms with Gasteiger partial charge in [0.05, 0.1) is 34.3 Å². The van der Waals surface area contributed by atoms with Gasteiger partial charge in [0.25, 0.3) is 17.7 Å². The summed E-state index contributed by atoms with van der Waals surface area (Å²) in [5, 5.41) is 35.9. The summed E-state index contributed by atoms with van der Waals surface area (Å²) >= 11 is 0. The number of hydrogen-bond acceptors (Lipinski definition) is 13. The maximum atomic E-state index is 14.4. The van der Waals surface area contributed by atoms with Crippen LogP contribution in [-0.2, 0) is 20.5 Å². The number of benzene rings is 4. The lowest BCUT2D eigenvalue weighted by molar-refractivity contribution is -0.123.